The van der Waals surface area contributed by atoms with Crippen molar-refractivity contribution in [1.82, 2.24) is 4.98 Å². The van der Waals surface area contributed by atoms with Crippen LogP contribution < -0.4 is 15.9 Å². The van der Waals surface area contributed by atoms with Crippen LogP contribution in [0, 0.1) is 10.8 Å². The van der Waals surface area contributed by atoms with Gasteiger partial charge in [-0.2, -0.15) is 0 Å². The molecule has 7 N–H and O–H groups in total. The number of quaternary nitrogens is 1. The topological polar surface area (TPSA) is 148 Å². The third-order valence-corrected chi connectivity index (χ3v) is 9.37. The molecule has 240 valence electrons. The molecule has 0 radical (unpaired) electrons. The van der Waals surface area contributed by atoms with Gasteiger partial charge in [0, 0.05) is 53.9 Å². The van der Waals surface area contributed by atoms with Crippen molar-refractivity contribution in [1.29, 1.82) is 10.8 Å². The highest BCUT2D eigenvalue weighted by Gasteiger charge is 2.36. The molecule has 0 unspecified atom stereocenters. The number of piperidine rings is 1. The predicted molar refractivity (Wildman–Crippen MR) is 190 cm³/mol. The van der Waals surface area contributed by atoms with E-state index in [2.05, 4.69) is 38.4 Å². The maximum atomic E-state index is 13.2. The van der Waals surface area contributed by atoms with Crippen LogP contribution in [0.15, 0.2) is 89.4 Å². The Kier molecular flexibility index (Phi) is 9.15. The number of hydrogen-bond donors (Lipinski definition) is 6. The minimum Gasteiger partial charge on any atom is -0.506 e. The number of carbonyl (C=O) groups is 1. The second kappa shape index (κ2) is 13.4. The van der Waals surface area contributed by atoms with Gasteiger partial charge in [0.15, 0.2) is 5.75 Å². The lowest BCUT2D eigenvalue weighted by Crippen LogP contribution is -2.56. The lowest BCUT2D eigenvalue weighted by Gasteiger charge is -2.36. The fourth-order valence-electron chi connectivity index (χ4n) is 6.29. The molecule has 0 atom stereocenters. The van der Waals surface area contributed by atoms with Crippen molar-refractivity contribution in [2.24, 2.45) is 5.73 Å². The number of H-pyrrole nitrogens is 1. The number of nitrogens with zero attached hydrogens (tertiary/aromatic N) is 1. The zero-order chi connectivity index (χ0) is 33.1. The molecule has 47 heavy (non-hydrogen) atoms. The van der Waals surface area contributed by atoms with Crippen molar-refractivity contribution in [3.63, 3.8) is 0 Å². The summed E-state index contributed by atoms with van der Waals surface area (Å²) in [5.74, 6) is 0.983. The molecule has 1 aliphatic rings. The number of aromatic nitrogens is 1. The molecule has 0 bridgehead atoms. The van der Waals surface area contributed by atoms with E-state index in [1.54, 1.807) is 31.2 Å². The molecule has 1 aliphatic heterocycles. The third-order valence-electron chi connectivity index (χ3n) is 8.77. The van der Waals surface area contributed by atoms with Gasteiger partial charge in [-0.3, -0.25) is 15.6 Å². The average molecular weight is 695 g/mol. The van der Waals surface area contributed by atoms with Crippen LogP contribution in [-0.2, 0) is 17.6 Å². The SMILES string of the molecule is CC(=N)[N+]1(Oc2ccc(NC(=O)Cc3cc(Br)c(O)c(-c4[nH]c5ccc(C(=N)N)cc5c4Cc4ccccc4)c3)cc2)CCCCC1. The Hall–Kier alpha value is -4.93. The molecule has 0 spiro atoms. The first-order chi connectivity index (χ1) is 22.6. The van der Waals surface area contributed by atoms with Crippen LogP contribution in [0.25, 0.3) is 22.2 Å². The van der Waals surface area contributed by atoms with E-state index in [0.717, 1.165) is 60.1 Å². The summed E-state index contributed by atoms with van der Waals surface area (Å²) < 4.78 is 0.690. The number of benzene rings is 4. The van der Waals surface area contributed by atoms with Crippen molar-refractivity contribution in [2.45, 2.75) is 39.0 Å². The summed E-state index contributed by atoms with van der Waals surface area (Å²) in [5.41, 5.74) is 12.0. The fourth-order valence-corrected chi connectivity index (χ4v) is 6.79. The minimum absolute atomic E-state index is 0.0187. The third kappa shape index (κ3) is 6.94. The molecule has 1 amide bonds. The van der Waals surface area contributed by atoms with Gasteiger partial charge in [0.1, 0.15) is 24.7 Å². The van der Waals surface area contributed by atoms with Crippen molar-refractivity contribution in [3.05, 3.63) is 112 Å². The van der Waals surface area contributed by atoms with E-state index < -0.39 is 0 Å². The van der Waals surface area contributed by atoms with E-state index in [-0.39, 0.29) is 28.6 Å². The number of likely N-dealkylation sites (tertiary alicyclic amines) is 1. The number of amidine groups is 2. The van der Waals surface area contributed by atoms with Crippen molar-refractivity contribution >= 4 is 50.1 Å². The van der Waals surface area contributed by atoms with Gasteiger partial charge >= 0.3 is 0 Å². The normalized spacial score (nSPS) is 14.1. The molecule has 1 fully saturated rings. The van der Waals surface area contributed by atoms with E-state index in [0.29, 0.717) is 44.9 Å². The molecule has 9 nitrogen and oxygen atoms in total. The van der Waals surface area contributed by atoms with Crippen LogP contribution in [0.1, 0.15) is 48.4 Å². The standard InChI is InChI=1S/C37H37BrN6O3/c1-23(39)44(16-6-3-7-17-44)47-28-13-11-27(12-14-28)42-34(45)21-25-19-31(36(46)32(38)20-25)35-30(18-24-8-4-2-5-9-24)29-22-26(37(40)41)10-15-33(29)43-35/h2,4-5,8-15,19-20,22,39H,3,6-7,16-18,21H2,1H3,(H5-,40,41,42,43,45,46)/p+1. The van der Waals surface area contributed by atoms with E-state index in [1.807, 2.05) is 48.5 Å². The molecule has 5 aromatic rings. The Balaban J connectivity index is 1.25. The number of aromatic amines is 1. The summed E-state index contributed by atoms with van der Waals surface area (Å²) in [4.78, 5) is 23.0. The number of nitrogens with one attached hydrogen (secondary N) is 4. The number of halogens is 1. The van der Waals surface area contributed by atoms with Gasteiger partial charge in [-0.1, -0.05) is 35.0 Å². The van der Waals surface area contributed by atoms with E-state index in [4.69, 9.17) is 21.4 Å². The molecular formula is C37H38BrN6O3+. The first-order valence-corrected chi connectivity index (χ1v) is 16.5. The van der Waals surface area contributed by atoms with Gasteiger partial charge in [0.05, 0.1) is 16.6 Å². The Labute approximate surface area is 282 Å². The number of fused-ring (bicyclic) bond motifs is 1. The fraction of sp³-hybridized carbons (Fsp3) is 0.216. The zero-order valence-electron chi connectivity index (χ0n) is 26.2. The summed E-state index contributed by atoms with van der Waals surface area (Å²) in [6, 6.07) is 26.5. The van der Waals surface area contributed by atoms with Crippen molar-refractivity contribution in [3.8, 4) is 22.8 Å². The Morgan fingerprint density at radius 2 is 1.70 bits per heavy atom. The number of rotatable bonds is 9. The molecule has 6 rings (SSSR count). The van der Waals surface area contributed by atoms with E-state index in [1.165, 1.54) is 0 Å². The Morgan fingerprint density at radius 1 is 0.979 bits per heavy atom. The largest absolute Gasteiger partial charge is 0.506 e. The second-order valence-electron chi connectivity index (χ2n) is 12.1. The van der Waals surface area contributed by atoms with Crippen LogP contribution in [0.5, 0.6) is 11.5 Å². The summed E-state index contributed by atoms with van der Waals surface area (Å²) in [6.07, 6.45) is 3.86. The van der Waals surface area contributed by atoms with Gasteiger partial charge in [-0.25, -0.2) is 0 Å². The quantitative estimate of drug-likeness (QED) is 0.0534. The monoisotopic (exact) mass is 693 g/mol. The highest BCUT2D eigenvalue weighted by molar-refractivity contribution is 9.10. The average Bonchev–Trinajstić information content (AvgIpc) is 3.41. The molecule has 4 aromatic carbocycles. The second-order valence-corrected chi connectivity index (χ2v) is 13.0. The molecule has 10 heteroatoms. The van der Waals surface area contributed by atoms with Crippen LogP contribution in [0.4, 0.5) is 5.69 Å². The number of phenols is 1. The van der Waals surface area contributed by atoms with Crippen LogP contribution in [0.3, 0.4) is 0 Å². The van der Waals surface area contributed by atoms with E-state index in [9.17, 15) is 9.90 Å². The van der Waals surface area contributed by atoms with Crippen LogP contribution >= 0.6 is 15.9 Å². The van der Waals surface area contributed by atoms with Gasteiger partial charge in [-0.05, 0) is 93.6 Å². The van der Waals surface area contributed by atoms with Crippen molar-refractivity contribution < 1.29 is 19.4 Å². The summed E-state index contributed by atoms with van der Waals surface area (Å²) in [6.45, 7) is 3.35. The summed E-state index contributed by atoms with van der Waals surface area (Å²) >= 11 is 3.51. The van der Waals surface area contributed by atoms with Gasteiger partial charge < -0.3 is 26.0 Å². The van der Waals surface area contributed by atoms with Crippen LogP contribution in [-0.4, -0.2) is 45.4 Å². The van der Waals surface area contributed by atoms with Gasteiger partial charge in [-0.15, -0.1) is 0 Å². The zero-order valence-corrected chi connectivity index (χ0v) is 27.8. The first-order valence-electron chi connectivity index (χ1n) is 15.7. The summed E-state index contributed by atoms with van der Waals surface area (Å²) in [7, 11) is 0. The van der Waals surface area contributed by atoms with Gasteiger partial charge in [0.2, 0.25) is 11.7 Å². The Morgan fingerprint density at radius 3 is 2.38 bits per heavy atom. The number of anilines is 1. The number of phenolic OH excluding ortho intramolecular Hbond substituents is 1. The lowest BCUT2D eigenvalue weighted by atomic mass is 9.96. The predicted octanol–water partition coefficient (Wildman–Crippen LogP) is 7.65. The number of carbonyl (C=O) groups excluding carboxylic acids is 1. The molecular weight excluding hydrogens is 656 g/mol. The van der Waals surface area contributed by atoms with Crippen LogP contribution in [0.2, 0.25) is 0 Å². The maximum absolute atomic E-state index is 13.2. The number of aromatic hydroxyl groups is 1. The smallest absolute Gasteiger partial charge is 0.234 e. The summed E-state index contributed by atoms with van der Waals surface area (Å²) in [5, 5.41) is 31.4. The highest BCUT2D eigenvalue weighted by atomic mass is 79.9. The minimum atomic E-state index is -0.204. The molecule has 1 saturated heterocycles. The number of nitrogen functional groups attached to an aromatic ring is 1. The molecule has 1 aromatic heterocycles. The van der Waals surface area contributed by atoms with Crippen molar-refractivity contribution in [2.75, 3.05) is 18.4 Å². The Bertz CT molecular complexity index is 1960. The highest BCUT2D eigenvalue weighted by Crippen LogP contribution is 2.41. The number of hydroxylamine groups is 3. The first kappa shape index (κ1) is 32.0. The number of hydrogen-bond acceptors (Lipinski definition) is 5. The molecule has 0 saturated carbocycles. The molecule has 0 aliphatic carbocycles. The maximum Gasteiger partial charge on any atom is 0.234 e. The number of amides is 1. The molecule has 2 heterocycles. The lowest BCUT2D eigenvalue weighted by molar-refractivity contribution is -1.01. The van der Waals surface area contributed by atoms with E-state index >= 15 is 0 Å². The van der Waals surface area contributed by atoms with Gasteiger partial charge in [0.25, 0.3) is 0 Å². The number of nitrogens with two attached hydrogens (primary N) is 1.